The Morgan fingerprint density at radius 3 is 2.73 bits per heavy atom. The molecule has 1 nitrogen and oxygen atoms in total. The van der Waals surface area contributed by atoms with Gasteiger partial charge in [-0.2, -0.15) is 0 Å². The number of benzene rings is 1. The predicted molar refractivity (Wildman–Crippen MR) is 48.0 cm³/mol. The summed E-state index contributed by atoms with van der Waals surface area (Å²) in [6.07, 6.45) is 3.22. The Morgan fingerprint density at radius 1 is 1.18 bits per heavy atom. The SMILES string of the molecule is NCCC1=Cc2ccccc21. The van der Waals surface area contributed by atoms with E-state index in [9.17, 15) is 0 Å². The monoisotopic (exact) mass is 145 g/mol. The van der Waals surface area contributed by atoms with Crippen LogP contribution in [0.25, 0.3) is 11.6 Å². The maximum Gasteiger partial charge on any atom is -0.00365 e. The molecule has 0 fully saturated rings. The summed E-state index contributed by atoms with van der Waals surface area (Å²) in [6.45, 7) is 0.750. The summed E-state index contributed by atoms with van der Waals surface area (Å²) in [6, 6.07) is 8.42. The van der Waals surface area contributed by atoms with E-state index in [1.807, 2.05) is 0 Å². The molecule has 1 aromatic rings. The van der Waals surface area contributed by atoms with E-state index in [1.54, 1.807) is 0 Å². The summed E-state index contributed by atoms with van der Waals surface area (Å²) >= 11 is 0. The molecule has 0 unspecified atom stereocenters. The fourth-order valence-electron chi connectivity index (χ4n) is 1.47. The third kappa shape index (κ3) is 0.976. The average molecular weight is 145 g/mol. The molecule has 0 radical (unpaired) electrons. The highest BCUT2D eigenvalue weighted by Crippen LogP contribution is 2.33. The van der Waals surface area contributed by atoms with E-state index < -0.39 is 0 Å². The summed E-state index contributed by atoms with van der Waals surface area (Å²) in [4.78, 5) is 0. The molecule has 1 aliphatic rings. The molecule has 2 N–H and O–H groups in total. The summed E-state index contributed by atoms with van der Waals surface area (Å²) in [7, 11) is 0. The molecule has 0 aromatic heterocycles. The molecule has 0 atom stereocenters. The summed E-state index contributed by atoms with van der Waals surface area (Å²) in [5, 5.41) is 0. The van der Waals surface area contributed by atoms with Crippen molar-refractivity contribution >= 4 is 11.6 Å². The average Bonchev–Trinajstić information content (AvgIpc) is 2.01. The molecule has 0 amide bonds. The molecule has 56 valence electrons. The number of hydrogen-bond acceptors (Lipinski definition) is 1. The fourth-order valence-corrected chi connectivity index (χ4v) is 1.47. The Bertz CT molecular complexity index is 299. The minimum absolute atomic E-state index is 0.750. The fraction of sp³-hybridized carbons (Fsp3) is 0.200. The van der Waals surface area contributed by atoms with E-state index in [2.05, 4.69) is 30.3 Å². The van der Waals surface area contributed by atoms with Crippen molar-refractivity contribution in [2.45, 2.75) is 6.42 Å². The normalized spacial score (nSPS) is 13.4. The van der Waals surface area contributed by atoms with Crippen molar-refractivity contribution in [2.24, 2.45) is 5.73 Å². The molecule has 0 heterocycles. The van der Waals surface area contributed by atoms with Crippen LogP contribution in [0.5, 0.6) is 0 Å². The molecule has 1 aliphatic carbocycles. The van der Waals surface area contributed by atoms with Crippen LogP contribution in [0.2, 0.25) is 0 Å². The topological polar surface area (TPSA) is 26.0 Å². The second kappa shape index (κ2) is 2.51. The quantitative estimate of drug-likeness (QED) is 0.675. The van der Waals surface area contributed by atoms with Crippen LogP contribution in [-0.4, -0.2) is 6.54 Å². The van der Waals surface area contributed by atoms with Gasteiger partial charge in [0.15, 0.2) is 0 Å². The van der Waals surface area contributed by atoms with Gasteiger partial charge in [0.2, 0.25) is 0 Å². The Balaban J connectivity index is 2.24. The second-order valence-corrected chi connectivity index (χ2v) is 2.80. The minimum atomic E-state index is 0.750. The van der Waals surface area contributed by atoms with Crippen LogP contribution in [0.4, 0.5) is 0 Å². The van der Waals surface area contributed by atoms with Crippen LogP contribution in [0.1, 0.15) is 17.5 Å². The van der Waals surface area contributed by atoms with Crippen molar-refractivity contribution < 1.29 is 0 Å². The zero-order chi connectivity index (χ0) is 7.68. The molecular weight excluding hydrogens is 134 g/mol. The van der Waals surface area contributed by atoms with E-state index in [0.29, 0.717) is 0 Å². The maximum absolute atomic E-state index is 5.46. The van der Waals surface area contributed by atoms with Gasteiger partial charge in [-0.15, -0.1) is 0 Å². The first-order chi connectivity index (χ1) is 5.42. The van der Waals surface area contributed by atoms with E-state index >= 15 is 0 Å². The number of fused-ring (bicyclic) bond motifs is 1. The van der Waals surface area contributed by atoms with Gasteiger partial charge in [-0.3, -0.25) is 0 Å². The molecule has 0 spiro atoms. The Morgan fingerprint density at radius 2 is 2.00 bits per heavy atom. The van der Waals surface area contributed by atoms with E-state index in [1.165, 1.54) is 16.7 Å². The Hall–Kier alpha value is -1.08. The maximum atomic E-state index is 5.46. The molecular formula is C10H11N. The lowest BCUT2D eigenvalue weighted by Gasteiger charge is -2.18. The third-order valence-electron chi connectivity index (χ3n) is 2.05. The smallest absolute Gasteiger partial charge is 0.00365 e. The van der Waals surface area contributed by atoms with Crippen LogP contribution >= 0.6 is 0 Å². The molecule has 0 bridgehead atoms. The van der Waals surface area contributed by atoms with Gasteiger partial charge < -0.3 is 5.73 Å². The van der Waals surface area contributed by atoms with Crippen molar-refractivity contribution in [2.75, 3.05) is 6.54 Å². The first-order valence-corrected chi connectivity index (χ1v) is 3.92. The van der Waals surface area contributed by atoms with Gasteiger partial charge in [-0.05, 0) is 29.7 Å². The van der Waals surface area contributed by atoms with Gasteiger partial charge in [0, 0.05) is 0 Å². The van der Waals surface area contributed by atoms with E-state index in [4.69, 9.17) is 5.73 Å². The predicted octanol–water partition coefficient (Wildman–Crippen LogP) is 1.89. The van der Waals surface area contributed by atoms with Crippen LogP contribution in [0, 0.1) is 0 Å². The van der Waals surface area contributed by atoms with Crippen molar-refractivity contribution in [1.82, 2.24) is 0 Å². The summed E-state index contributed by atoms with van der Waals surface area (Å²) in [5.41, 5.74) is 9.61. The first-order valence-electron chi connectivity index (χ1n) is 3.92. The lowest BCUT2D eigenvalue weighted by molar-refractivity contribution is 1.02. The van der Waals surface area contributed by atoms with Crippen molar-refractivity contribution in [3.8, 4) is 0 Å². The van der Waals surface area contributed by atoms with Crippen LogP contribution in [0.15, 0.2) is 24.3 Å². The number of rotatable bonds is 2. The Kier molecular flexibility index (Phi) is 1.51. The zero-order valence-corrected chi connectivity index (χ0v) is 6.38. The lowest BCUT2D eigenvalue weighted by atomic mass is 9.87. The van der Waals surface area contributed by atoms with Crippen molar-refractivity contribution in [3.05, 3.63) is 35.4 Å². The molecule has 1 aromatic carbocycles. The highest BCUT2D eigenvalue weighted by atomic mass is 14.5. The zero-order valence-electron chi connectivity index (χ0n) is 6.38. The van der Waals surface area contributed by atoms with E-state index in [0.717, 1.165) is 13.0 Å². The van der Waals surface area contributed by atoms with Gasteiger partial charge in [0.05, 0.1) is 0 Å². The van der Waals surface area contributed by atoms with Crippen molar-refractivity contribution in [3.63, 3.8) is 0 Å². The molecule has 2 rings (SSSR count). The molecule has 0 saturated carbocycles. The van der Waals surface area contributed by atoms with Gasteiger partial charge >= 0.3 is 0 Å². The van der Waals surface area contributed by atoms with Crippen LogP contribution in [0.3, 0.4) is 0 Å². The van der Waals surface area contributed by atoms with E-state index in [-0.39, 0.29) is 0 Å². The van der Waals surface area contributed by atoms with Gasteiger partial charge in [0.1, 0.15) is 0 Å². The molecule has 0 saturated heterocycles. The highest BCUT2D eigenvalue weighted by Gasteiger charge is 2.12. The third-order valence-corrected chi connectivity index (χ3v) is 2.05. The highest BCUT2D eigenvalue weighted by molar-refractivity contribution is 5.95. The first kappa shape index (κ1) is 6.62. The van der Waals surface area contributed by atoms with Crippen LogP contribution in [-0.2, 0) is 0 Å². The van der Waals surface area contributed by atoms with Crippen LogP contribution < -0.4 is 5.73 Å². The van der Waals surface area contributed by atoms with Gasteiger partial charge in [-0.1, -0.05) is 30.3 Å². The molecule has 0 aliphatic heterocycles. The lowest BCUT2D eigenvalue weighted by Crippen LogP contribution is -2.05. The van der Waals surface area contributed by atoms with Gasteiger partial charge in [-0.25, -0.2) is 0 Å². The Labute approximate surface area is 66.5 Å². The standard InChI is InChI=1S/C10H11N/c11-6-5-9-7-8-3-1-2-4-10(8)9/h1-4,7H,5-6,11H2. The van der Waals surface area contributed by atoms with Gasteiger partial charge in [0.25, 0.3) is 0 Å². The number of nitrogens with two attached hydrogens (primary N) is 1. The molecule has 11 heavy (non-hydrogen) atoms. The van der Waals surface area contributed by atoms with Crippen molar-refractivity contribution in [1.29, 1.82) is 0 Å². The largest absolute Gasteiger partial charge is 0.330 e. The number of hydrogen-bond donors (Lipinski definition) is 1. The minimum Gasteiger partial charge on any atom is -0.330 e. The second-order valence-electron chi connectivity index (χ2n) is 2.80. The molecule has 1 heteroatoms. The summed E-state index contributed by atoms with van der Waals surface area (Å²) in [5.74, 6) is 0. The summed E-state index contributed by atoms with van der Waals surface area (Å²) < 4.78 is 0.